The van der Waals surface area contributed by atoms with E-state index in [9.17, 15) is 10.4 Å². The molecule has 6 heteroatoms. The van der Waals surface area contributed by atoms with Crippen LogP contribution < -0.4 is 0 Å². The van der Waals surface area contributed by atoms with Gasteiger partial charge in [0.2, 0.25) is 0 Å². The first-order valence-corrected chi connectivity index (χ1v) is 7.63. The van der Waals surface area contributed by atoms with Crippen LogP contribution in [0.4, 0.5) is 0 Å². The van der Waals surface area contributed by atoms with Crippen molar-refractivity contribution in [2.45, 2.75) is 20.4 Å². The fraction of sp³-hybridized carbons (Fsp3) is 0.167. The van der Waals surface area contributed by atoms with Gasteiger partial charge in [0.15, 0.2) is 5.76 Å². The first-order chi connectivity index (χ1) is 11.6. The van der Waals surface area contributed by atoms with E-state index >= 15 is 0 Å². The SMILES string of the molecule is CCn1nc(C)cc1C(O)=C(C#N)c1ccn(-c2ccccc2)n1. The number of aromatic nitrogens is 4. The molecule has 1 N–H and O–H groups in total. The van der Waals surface area contributed by atoms with E-state index in [1.807, 2.05) is 44.2 Å². The van der Waals surface area contributed by atoms with Crippen LogP contribution in [0.2, 0.25) is 0 Å². The van der Waals surface area contributed by atoms with E-state index < -0.39 is 0 Å². The topological polar surface area (TPSA) is 79.7 Å². The Balaban J connectivity index is 2.06. The first kappa shape index (κ1) is 15.6. The molecule has 0 atom stereocenters. The number of nitriles is 1. The van der Waals surface area contributed by atoms with E-state index in [-0.39, 0.29) is 11.3 Å². The molecule has 0 spiro atoms. The second-order valence-electron chi connectivity index (χ2n) is 5.30. The summed E-state index contributed by atoms with van der Waals surface area (Å²) in [7, 11) is 0. The van der Waals surface area contributed by atoms with Crippen molar-refractivity contribution < 1.29 is 5.11 Å². The van der Waals surface area contributed by atoms with Crippen molar-refractivity contribution in [3.05, 3.63) is 65.7 Å². The summed E-state index contributed by atoms with van der Waals surface area (Å²) in [4.78, 5) is 0. The van der Waals surface area contributed by atoms with Crippen molar-refractivity contribution in [2.75, 3.05) is 0 Å². The van der Waals surface area contributed by atoms with Crippen LogP contribution in [0.1, 0.15) is 24.0 Å². The molecule has 3 rings (SSSR count). The number of benzene rings is 1. The van der Waals surface area contributed by atoms with Gasteiger partial charge in [-0.1, -0.05) is 18.2 Å². The summed E-state index contributed by atoms with van der Waals surface area (Å²) in [5.41, 5.74) is 2.72. The number of aryl methyl sites for hydroxylation is 2. The zero-order valence-electron chi connectivity index (χ0n) is 13.5. The van der Waals surface area contributed by atoms with Crippen LogP contribution in [0.5, 0.6) is 0 Å². The van der Waals surface area contributed by atoms with Gasteiger partial charge in [-0.25, -0.2) is 4.68 Å². The summed E-state index contributed by atoms with van der Waals surface area (Å²) in [6.45, 7) is 4.38. The van der Waals surface area contributed by atoms with Gasteiger partial charge in [-0.05, 0) is 38.1 Å². The maximum atomic E-state index is 10.6. The summed E-state index contributed by atoms with van der Waals surface area (Å²) in [5, 5.41) is 28.8. The first-order valence-electron chi connectivity index (χ1n) is 7.63. The number of nitrogens with zero attached hydrogens (tertiary/aromatic N) is 5. The van der Waals surface area contributed by atoms with E-state index in [1.165, 1.54) is 0 Å². The third-order valence-electron chi connectivity index (χ3n) is 3.66. The third-order valence-corrected chi connectivity index (χ3v) is 3.66. The summed E-state index contributed by atoms with van der Waals surface area (Å²) in [6, 6.07) is 15.1. The molecule has 0 bridgehead atoms. The Labute approximate surface area is 139 Å². The fourth-order valence-electron chi connectivity index (χ4n) is 2.52. The molecule has 0 amide bonds. The highest BCUT2D eigenvalue weighted by atomic mass is 16.3. The second-order valence-corrected chi connectivity index (χ2v) is 5.30. The van der Waals surface area contributed by atoms with Crippen LogP contribution in [0.15, 0.2) is 48.7 Å². The molecular formula is C18H17N5O. The van der Waals surface area contributed by atoms with Gasteiger partial charge in [-0.15, -0.1) is 0 Å². The van der Waals surface area contributed by atoms with Gasteiger partial charge in [-0.2, -0.15) is 15.5 Å². The third kappa shape index (κ3) is 2.79. The molecule has 0 fully saturated rings. The minimum atomic E-state index is -0.113. The molecule has 0 saturated heterocycles. The molecule has 3 aromatic rings. The zero-order chi connectivity index (χ0) is 17.1. The molecule has 0 aliphatic rings. The van der Waals surface area contributed by atoms with Crippen molar-refractivity contribution in [3.63, 3.8) is 0 Å². The summed E-state index contributed by atoms with van der Waals surface area (Å²) >= 11 is 0. The fourth-order valence-corrected chi connectivity index (χ4v) is 2.52. The Morgan fingerprint density at radius 3 is 2.62 bits per heavy atom. The average molecular weight is 319 g/mol. The van der Waals surface area contributed by atoms with Gasteiger partial charge in [-0.3, -0.25) is 4.68 Å². The van der Waals surface area contributed by atoms with Gasteiger partial charge in [0.25, 0.3) is 0 Å². The molecule has 0 radical (unpaired) electrons. The van der Waals surface area contributed by atoms with Gasteiger partial charge < -0.3 is 5.11 Å². The Hall–Kier alpha value is -3.33. The van der Waals surface area contributed by atoms with E-state index in [1.54, 1.807) is 27.7 Å². The highest BCUT2D eigenvalue weighted by molar-refractivity contribution is 5.92. The Bertz CT molecular complexity index is 928. The lowest BCUT2D eigenvalue weighted by molar-refractivity contribution is 0.497. The summed E-state index contributed by atoms with van der Waals surface area (Å²) in [5.74, 6) is -0.113. The largest absolute Gasteiger partial charge is 0.504 e. The lowest BCUT2D eigenvalue weighted by Crippen LogP contribution is -2.03. The summed E-state index contributed by atoms with van der Waals surface area (Å²) < 4.78 is 3.33. The van der Waals surface area contributed by atoms with Crippen LogP contribution in [0.3, 0.4) is 0 Å². The number of aliphatic hydroxyl groups excluding tert-OH is 1. The number of para-hydroxylation sites is 1. The lowest BCUT2D eigenvalue weighted by atomic mass is 10.1. The predicted molar refractivity (Wildman–Crippen MR) is 91.3 cm³/mol. The molecule has 24 heavy (non-hydrogen) atoms. The number of aliphatic hydroxyl groups is 1. The Kier molecular flexibility index (Phi) is 4.17. The molecule has 120 valence electrons. The number of rotatable bonds is 4. The van der Waals surface area contributed by atoms with Gasteiger partial charge >= 0.3 is 0 Å². The molecule has 1 aromatic carbocycles. The molecule has 0 aliphatic carbocycles. The maximum absolute atomic E-state index is 10.6. The molecular weight excluding hydrogens is 302 g/mol. The van der Waals surface area contributed by atoms with E-state index in [4.69, 9.17) is 0 Å². The maximum Gasteiger partial charge on any atom is 0.161 e. The van der Waals surface area contributed by atoms with Crippen molar-refractivity contribution in [1.82, 2.24) is 19.6 Å². The molecule has 2 aromatic heterocycles. The number of hydrogen-bond donors (Lipinski definition) is 1. The van der Waals surface area contributed by atoms with Crippen LogP contribution in [0, 0.1) is 18.3 Å². The monoisotopic (exact) mass is 319 g/mol. The minimum Gasteiger partial charge on any atom is -0.504 e. The van der Waals surface area contributed by atoms with Crippen LogP contribution in [0.25, 0.3) is 17.0 Å². The van der Waals surface area contributed by atoms with Crippen molar-refractivity contribution in [1.29, 1.82) is 5.26 Å². The molecule has 6 nitrogen and oxygen atoms in total. The lowest BCUT2D eigenvalue weighted by Gasteiger charge is -2.05. The number of hydrogen-bond acceptors (Lipinski definition) is 4. The molecule has 2 heterocycles. The highest BCUT2D eigenvalue weighted by Gasteiger charge is 2.17. The molecule has 0 unspecified atom stereocenters. The normalized spacial score (nSPS) is 11.9. The Morgan fingerprint density at radius 2 is 1.96 bits per heavy atom. The standard InChI is InChI=1S/C18H17N5O/c1-3-22-17(11-13(2)20-22)18(24)15(12-19)16-9-10-23(21-16)14-7-5-4-6-8-14/h4-11,24H,3H2,1-2H3. The van der Waals surface area contributed by atoms with Gasteiger partial charge in [0, 0.05) is 12.7 Å². The van der Waals surface area contributed by atoms with E-state index in [0.717, 1.165) is 11.4 Å². The van der Waals surface area contributed by atoms with Crippen LogP contribution in [-0.4, -0.2) is 24.7 Å². The van der Waals surface area contributed by atoms with E-state index in [0.29, 0.717) is 17.9 Å². The average Bonchev–Trinajstić information content (AvgIpc) is 3.23. The second kappa shape index (κ2) is 6.42. The quantitative estimate of drug-likeness (QED) is 0.591. The highest BCUT2D eigenvalue weighted by Crippen LogP contribution is 2.24. The number of allylic oxidation sites excluding steroid dienone is 1. The molecule has 0 aliphatic heterocycles. The van der Waals surface area contributed by atoms with Crippen molar-refractivity contribution in [2.24, 2.45) is 0 Å². The van der Waals surface area contributed by atoms with Crippen molar-refractivity contribution in [3.8, 4) is 11.8 Å². The zero-order valence-corrected chi connectivity index (χ0v) is 13.5. The van der Waals surface area contributed by atoms with Crippen LogP contribution in [-0.2, 0) is 6.54 Å². The minimum absolute atomic E-state index is 0.113. The summed E-state index contributed by atoms with van der Waals surface area (Å²) in [6.07, 6.45) is 1.76. The van der Waals surface area contributed by atoms with Gasteiger partial charge in [0.1, 0.15) is 23.0 Å². The molecule has 0 saturated carbocycles. The van der Waals surface area contributed by atoms with Gasteiger partial charge in [0.05, 0.1) is 11.4 Å². The van der Waals surface area contributed by atoms with Crippen LogP contribution >= 0.6 is 0 Å². The van der Waals surface area contributed by atoms with Crippen molar-refractivity contribution >= 4 is 11.3 Å². The van der Waals surface area contributed by atoms with E-state index in [2.05, 4.69) is 16.3 Å². The Morgan fingerprint density at radius 1 is 1.21 bits per heavy atom. The predicted octanol–water partition coefficient (Wildman–Crippen LogP) is 3.35. The smallest absolute Gasteiger partial charge is 0.161 e.